The zero-order chi connectivity index (χ0) is 18.1. The summed E-state index contributed by atoms with van der Waals surface area (Å²) in [4.78, 5) is 16.4. The number of para-hydroxylation sites is 2. The van der Waals surface area contributed by atoms with Gasteiger partial charge in [0.15, 0.2) is 0 Å². The van der Waals surface area contributed by atoms with Crippen molar-refractivity contribution in [1.29, 1.82) is 0 Å². The van der Waals surface area contributed by atoms with Gasteiger partial charge in [-0.25, -0.2) is 9.37 Å². The van der Waals surface area contributed by atoms with E-state index in [2.05, 4.69) is 4.98 Å². The largest absolute Gasteiger partial charge is 0.487 e. The fraction of sp³-hybridized carbons (Fsp3) is 0.0526. The minimum atomic E-state index is -0.589. The van der Waals surface area contributed by atoms with Crippen molar-refractivity contribution in [1.82, 2.24) is 9.55 Å². The zero-order valence-electron chi connectivity index (χ0n) is 13.6. The van der Waals surface area contributed by atoms with Gasteiger partial charge < -0.3 is 10.5 Å². The smallest absolute Gasteiger partial charge is 0.262 e. The Morgan fingerprint density at radius 3 is 2.77 bits per heavy atom. The number of ether oxygens (including phenoxy) is 1. The van der Waals surface area contributed by atoms with E-state index in [0.717, 1.165) is 16.0 Å². The molecule has 0 bridgehead atoms. The lowest BCUT2D eigenvalue weighted by atomic mass is 10.2. The van der Waals surface area contributed by atoms with Crippen molar-refractivity contribution in [2.24, 2.45) is 5.73 Å². The second-order valence-corrected chi connectivity index (χ2v) is 6.66. The number of nitrogens with two attached hydrogens (primary N) is 1. The van der Waals surface area contributed by atoms with E-state index in [1.165, 1.54) is 17.4 Å². The number of primary amides is 1. The molecule has 0 aliphatic heterocycles. The zero-order valence-corrected chi connectivity index (χ0v) is 14.4. The minimum Gasteiger partial charge on any atom is -0.487 e. The summed E-state index contributed by atoms with van der Waals surface area (Å²) >= 11 is 1.21. The number of aromatic nitrogens is 2. The monoisotopic (exact) mass is 367 g/mol. The molecular formula is C19H14FN3O2S. The van der Waals surface area contributed by atoms with Crippen LogP contribution in [-0.4, -0.2) is 15.5 Å². The average molecular weight is 367 g/mol. The summed E-state index contributed by atoms with van der Waals surface area (Å²) in [6.07, 6.45) is 1.68. The van der Waals surface area contributed by atoms with Crippen LogP contribution in [0.25, 0.3) is 16.0 Å². The van der Waals surface area contributed by atoms with Gasteiger partial charge in [0.25, 0.3) is 5.91 Å². The highest BCUT2D eigenvalue weighted by molar-refractivity contribution is 7.16. The Morgan fingerprint density at radius 1 is 1.19 bits per heavy atom. The van der Waals surface area contributed by atoms with Crippen molar-refractivity contribution in [2.45, 2.75) is 6.61 Å². The summed E-state index contributed by atoms with van der Waals surface area (Å²) in [7, 11) is 0. The first-order chi connectivity index (χ1) is 12.6. The van der Waals surface area contributed by atoms with Crippen molar-refractivity contribution >= 4 is 28.3 Å². The summed E-state index contributed by atoms with van der Waals surface area (Å²) in [6.45, 7) is 0.00774. The molecule has 0 aliphatic rings. The van der Waals surface area contributed by atoms with Crippen molar-refractivity contribution in [3.05, 3.63) is 77.2 Å². The van der Waals surface area contributed by atoms with Crippen LogP contribution in [-0.2, 0) is 6.61 Å². The molecule has 0 unspecified atom stereocenters. The van der Waals surface area contributed by atoms with Crippen LogP contribution in [0.1, 0.15) is 15.2 Å². The maximum absolute atomic E-state index is 13.8. The van der Waals surface area contributed by atoms with E-state index >= 15 is 0 Å². The number of hydrogen-bond acceptors (Lipinski definition) is 4. The molecule has 0 saturated carbocycles. The second kappa shape index (κ2) is 6.61. The number of halogens is 1. The number of carbonyl (C=O) groups is 1. The van der Waals surface area contributed by atoms with E-state index in [-0.39, 0.29) is 17.3 Å². The third kappa shape index (κ3) is 2.93. The van der Waals surface area contributed by atoms with Gasteiger partial charge in [-0.2, -0.15) is 0 Å². The van der Waals surface area contributed by atoms with E-state index < -0.39 is 5.91 Å². The minimum absolute atomic E-state index is 0.00774. The van der Waals surface area contributed by atoms with Crippen LogP contribution in [0.3, 0.4) is 0 Å². The van der Waals surface area contributed by atoms with Crippen LogP contribution in [0.4, 0.5) is 4.39 Å². The van der Waals surface area contributed by atoms with Gasteiger partial charge in [-0.1, -0.05) is 30.3 Å². The van der Waals surface area contributed by atoms with E-state index in [9.17, 15) is 9.18 Å². The second-order valence-electron chi connectivity index (χ2n) is 5.63. The van der Waals surface area contributed by atoms with Crippen LogP contribution in [0.15, 0.2) is 60.9 Å². The van der Waals surface area contributed by atoms with Gasteiger partial charge in [-0.05, 0) is 18.2 Å². The lowest BCUT2D eigenvalue weighted by Crippen LogP contribution is -2.10. The first-order valence-electron chi connectivity index (χ1n) is 7.86. The molecule has 7 heteroatoms. The average Bonchev–Trinajstić information content (AvgIpc) is 3.25. The maximum atomic E-state index is 13.8. The molecule has 0 atom stereocenters. The number of amides is 1. The number of imidazole rings is 1. The topological polar surface area (TPSA) is 70.1 Å². The summed E-state index contributed by atoms with van der Waals surface area (Å²) in [5.74, 6) is -0.614. The molecule has 5 nitrogen and oxygen atoms in total. The highest BCUT2D eigenvalue weighted by Crippen LogP contribution is 2.34. The fourth-order valence-corrected chi connectivity index (χ4v) is 3.60. The standard InChI is InChI=1S/C19H14FN3O2S/c20-13-6-2-1-5-12(13)10-25-16-9-17(26-18(16)19(21)24)23-11-22-14-7-3-4-8-15(14)23/h1-9,11H,10H2,(H2,21,24). The Balaban J connectivity index is 1.69. The number of benzene rings is 2. The molecule has 0 spiro atoms. The molecule has 1 amide bonds. The third-order valence-corrected chi connectivity index (χ3v) is 5.07. The first-order valence-corrected chi connectivity index (χ1v) is 8.67. The van der Waals surface area contributed by atoms with E-state index in [1.807, 2.05) is 28.8 Å². The third-order valence-electron chi connectivity index (χ3n) is 3.94. The van der Waals surface area contributed by atoms with E-state index in [0.29, 0.717) is 11.3 Å². The molecule has 2 heterocycles. The Labute approximate surface area is 152 Å². The number of nitrogens with zero attached hydrogens (tertiary/aromatic N) is 2. The molecule has 26 heavy (non-hydrogen) atoms. The van der Waals surface area contributed by atoms with Gasteiger partial charge in [0.1, 0.15) is 34.4 Å². The summed E-state index contributed by atoms with van der Waals surface area (Å²) in [5, 5.41) is 0.746. The number of rotatable bonds is 5. The summed E-state index contributed by atoms with van der Waals surface area (Å²) in [6, 6.07) is 15.7. The highest BCUT2D eigenvalue weighted by atomic mass is 32.1. The highest BCUT2D eigenvalue weighted by Gasteiger charge is 2.18. The molecule has 4 aromatic rings. The number of thiophene rings is 1. The van der Waals surface area contributed by atoms with E-state index in [4.69, 9.17) is 10.5 Å². The first kappa shape index (κ1) is 16.3. The lowest BCUT2D eigenvalue weighted by molar-refractivity contribution is 0.1000. The Hall–Kier alpha value is -3.19. The van der Waals surface area contributed by atoms with Crippen molar-refractivity contribution in [3.8, 4) is 10.8 Å². The molecule has 2 aromatic heterocycles. The molecule has 0 saturated heterocycles. The Kier molecular flexibility index (Phi) is 4.14. The quantitative estimate of drug-likeness (QED) is 0.581. The SMILES string of the molecule is NC(=O)c1sc(-n2cnc3ccccc32)cc1OCc1ccccc1F. The lowest BCUT2D eigenvalue weighted by Gasteiger charge is -2.06. The molecule has 0 aliphatic carbocycles. The molecule has 2 N–H and O–H groups in total. The van der Waals surface area contributed by atoms with Crippen LogP contribution in [0, 0.1) is 5.82 Å². The van der Waals surface area contributed by atoms with Crippen molar-refractivity contribution in [2.75, 3.05) is 0 Å². The Bertz CT molecular complexity index is 1100. The van der Waals surface area contributed by atoms with E-state index in [1.54, 1.807) is 30.6 Å². The van der Waals surface area contributed by atoms with Gasteiger partial charge in [-0.3, -0.25) is 9.36 Å². The Morgan fingerprint density at radius 2 is 1.96 bits per heavy atom. The molecule has 0 radical (unpaired) electrons. The van der Waals surface area contributed by atoms with Crippen LogP contribution in [0.5, 0.6) is 5.75 Å². The number of carbonyl (C=O) groups excluding carboxylic acids is 1. The van der Waals surface area contributed by atoms with Gasteiger partial charge in [-0.15, -0.1) is 11.3 Å². The number of hydrogen-bond donors (Lipinski definition) is 1. The maximum Gasteiger partial charge on any atom is 0.262 e. The van der Waals surface area contributed by atoms with Crippen molar-refractivity contribution in [3.63, 3.8) is 0 Å². The summed E-state index contributed by atoms with van der Waals surface area (Å²) in [5.41, 5.74) is 7.64. The molecule has 4 rings (SSSR count). The predicted octanol–water partition coefficient (Wildman–Crippen LogP) is 3.90. The predicted molar refractivity (Wildman–Crippen MR) is 98.2 cm³/mol. The molecule has 0 fully saturated rings. The van der Waals surface area contributed by atoms with Crippen LogP contribution < -0.4 is 10.5 Å². The molecule has 2 aromatic carbocycles. The van der Waals surface area contributed by atoms with Gasteiger partial charge >= 0.3 is 0 Å². The van der Waals surface area contributed by atoms with Gasteiger partial charge in [0.2, 0.25) is 0 Å². The van der Waals surface area contributed by atoms with Gasteiger partial charge in [0.05, 0.1) is 11.0 Å². The molecule has 130 valence electrons. The fourth-order valence-electron chi connectivity index (χ4n) is 2.67. The van der Waals surface area contributed by atoms with Crippen LogP contribution >= 0.6 is 11.3 Å². The number of fused-ring (bicyclic) bond motifs is 1. The molecular weight excluding hydrogens is 353 g/mol. The van der Waals surface area contributed by atoms with Gasteiger partial charge in [0, 0.05) is 11.6 Å². The normalized spacial score (nSPS) is 11.0. The van der Waals surface area contributed by atoms with Crippen molar-refractivity contribution < 1.29 is 13.9 Å². The van der Waals surface area contributed by atoms with Crippen LogP contribution in [0.2, 0.25) is 0 Å². The summed E-state index contributed by atoms with van der Waals surface area (Å²) < 4.78 is 21.3.